The number of anilines is 1. The number of hydrogen-bond acceptors (Lipinski definition) is 4. The van der Waals surface area contributed by atoms with Gasteiger partial charge in [-0.05, 0) is 49.4 Å². The number of ether oxygens (including phenoxy) is 2. The lowest BCUT2D eigenvalue weighted by molar-refractivity contribution is 0.415. The third-order valence-electron chi connectivity index (χ3n) is 3.02. The van der Waals surface area contributed by atoms with Crippen molar-refractivity contribution in [3.8, 4) is 11.5 Å². The van der Waals surface area contributed by atoms with Crippen molar-refractivity contribution in [2.24, 2.45) is 4.99 Å². The summed E-state index contributed by atoms with van der Waals surface area (Å²) >= 11 is 0. The maximum atomic E-state index is 5.99. The highest BCUT2D eigenvalue weighted by Crippen LogP contribution is 2.23. The third kappa shape index (κ3) is 3.09. The molecule has 0 radical (unpaired) electrons. The Hall–Kier alpha value is -2.49. The molecule has 0 fully saturated rings. The summed E-state index contributed by atoms with van der Waals surface area (Å²) in [4.78, 5) is 4.57. The molecule has 0 amide bonds. The van der Waals surface area contributed by atoms with Crippen LogP contribution in [0.4, 0.5) is 11.4 Å². The monoisotopic (exact) mass is 270 g/mol. The molecule has 0 aliphatic heterocycles. The highest BCUT2D eigenvalue weighted by Gasteiger charge is 2.05. The molecule has 0 aromatic heterocycles. The van der Waals surface area contributed by atoms with E-state index >= 15 is 0 Å². The van der Waals surface area contributed by atoms with E-state index in [4.69, 9.17) is 15.2 Å². The first-order valence-corrected chi connectivity index (χ1v) is 6.27. The van der Waals surface area contributed by atoms with Crippen LogP contribution in [-0.2, 0) is 0 Å². The normalized spacial score (nSPS) is 11.2. The Morgan fingerprint density at radius 1 is 0.950 bits per heavy atom. The summed E-state index contributed by atoms with van der Waals surface area (Å²) in [5, 5.41) is 0. The largest absolute Gasteiger partial charge is 0.497 e. The van der Waals surface area contributed by atoms with Gasteiger partial charge in [-0.15, -0.1) is 0 Å². The average molecular weight is 270 g/mol. The van der Waals surface area contributed by atoms with Crippen LogP contribution in [0.15, 0.2) is 47.5 Å². The molecule has 2 rings (SSSR count). The van der Waals surface area contributed by atoms with Gasteiger partial charge in [0.2, 0.25) is 0 Å². The van der Waals surface area contributed by atoms with Gasteiger partial charge in [0.15, 0.2) is 0 Å². The van der Waals surface area contributed by atoms with Gasteiger partial charge in [0.1, 0.15) is 11.5 Å². The Morgan fingerprint density at radius 2 is 1.55 bits per heavy atom. The number of nitrogen functional groups attached to an aromatic ring is 1. The minimum atomic E-state index is 0.681. The molecule has 4 nitrogen and oxygen atoms in total. The number of nitrogens with two attached hydrogens (primary N) is 1. The smallest absolute Gasteiger partial charge is 0.119 e. The molecule has 104 valence electrons. The van der Waals surface area contributed by atoms with Crippen LogP contribution in [0, 0.1) is 0 Å². The first kappa shape index (κ1) is 13.9. The molecule has 0 aliphatic rings. The summed E-state index contributed by atoms with van der Waals surface area (Å²) in [5.41, 5.74) is 9.24. The number of rotatable bonds is 4. The van der Waals surface area contributed by atoms with Gasteiger partial charge < -0.3 is 15.2 Å². The molecule has 0 saturated carbocycles. The minimum absolute atomic E-state index is 0.681. The molecule has 0 atom stereocenters. The van der Waals surface area contributed by atoms with Crippen molar-refractivity contribution in [1.82, 2.24) is 0 Å². The summed E-state index contributed by atoms with van der Waals surface area (Å²) in [6.07, 6.45) is 0. The molecule has 2 N–H and O–H groups in total. The van der Waals surface area contributed by atoms with E-state index in [0.29, 0.717) is 5.69 Å². The maximum absolute atomic E-state index is 5.99. The number of methoxy groups -OCH3 is 2. The number of hydrogen-bond donors (Lipinski definition) is 1. The second kappa shape index (κ2) is 6.10. The van der Waals surface area contributed by atoms with Crippen molar-refractivity contribution in [2.75, 3.05) is 20.0 Å². The van der Waals surface area contributed by atoms with Crippen LogP contribution in [-0.4, -0.2) is 19.9 Å². The van der Waals surface area contributed by atoms with Crippen molar-refractivity contribution < 1.29 is 9.47 Å². The quantitative estimate of drug-likeness (QED) is 0.684. The van der Waals surface area contributed by atoms with Crippen molar-refractivity contribution in [2.45, 2.75) is 6.92 Å². The van der Waals surface area contributed by atoms with Gasteiger partial charge in [0, 0.05) is 17.0 Å². The van der Waals surface area contributed by atoms with Gasteiger partial charge in [-0.1, -0.05) is 0 Å². The molecule has 0 spiro atoms. The van der Waals surface area contributed by atoms with Crippen LogP contribution >= 0.6 is 0 Å². The summed E-state index contributed by atoms with van der Waals surface area (Å²) in [7, 11) is 3.27. The van der Waals surface area contributed by atoms with Gasteiger partial charge in [0.25, 0.3) is 0 Å². The molecule has 2 aromatic rings. The molecule has 0 unspecified atom stereocenters. The predicted octanol–water partition coefficient (Wildman–Crippen LogP) is 3.43. The topological polar surface area (TPSA) is 56.8 Å². The van der Waals surface area contributed by atoms with E-state index < -0.39 is 0 Å². The predicted molar refractivity (Wildman–Crippen MR) is 82.3 cm³/mol. The van der Waals surface area contributed by atoms with E-state index in [9.17, 15) is 0 Å². The summed E-state index contributed by atoms with van der Waals surface area (Å²) in [6.45, 7) is 1.93. The summed E-state index contributed by atoms with van der Waals surface area (Å²) in [6, 6.07) is 13.1. The van der Waals surface area contributed by atoms with E-state index in [0.717, 1.165) is 28.5 Å². The van der Waals surface area contributed by atoms with Crippen molar-refractivity contribution in [3.05, 3.63) is 48.0 Å². The van der Waals surface area contributed by atoms with Crippen molar-refractivity contribution in [3.63, 3.8) is 0 Å². The van der Waals surface area contributed by atoms with Gasteiger partial charge >= 0.3 is 0 Å². The van der Waals surface area contributed by atoms with E-state index in [1.165, 1.54) is 0 Å². The van der Waals surface area contributed by atoms with E-state index in [2.05, 4.69) is 4.99 Å². The fraction of sp³-hybridized carbons (Fsp3) is 0.188. The van der Waals surface area contributed by atoms with Crippen LogP contribution in [0.2, 0.25) is 0 Å². The van der Waals surface area contributed by atoms with Crippen LogP contribution in [0.5, 0.6) is 11.5 Å². The molecule has 0 heterocycles. The summed E-state index contributed by atoms with van der Waals surface area (Å²) < 4.78 is 10.3. The first-order chi connectivity index (χ1) is 9.63. The minimum Gasteiger partial charge on any atom is -0.497 e. The third-order valence-corrected chi connectivity index (χ3v) is 3.02. The highest BCUT2D eigenvalue weighted by molar-refractivity contribution is 6.04. The second-order valence-corrected chi connectivity index (χ2v) is 4.35. The van der Waals surface area contributed by atoms with Crippen molar-refractivity contribution in [1.29, 1.82) is 0 Å². The van der Waals surface area contributed by atoms with Crippen LogP contribution in [0.25, 0.3) is 0 Å². The van der Waals surface area contributed by atoms with Crippen LogP contribution in [0.1, 0.15) is 12.5 Å². The molecule has 20 heavy (non-hydrogen) atoms. The molecular formula is C16H18N2O2. The van der Waals surface area contributed by atoms with Crippen LogP contribution < -0.4 is 15.2 Å². The number of aliphatic imine (C=N–C) groups is 1. The first-order valence-electron chi connectivity index (χ1n) is 6.27. The van der Waals surface area contributed by atoms with Crippen LogP contribution in [0.3, 0.4) is 0 Å². The van der Waals surface area contributed by atoms with Gasteiger partial charge in [-0.3, -0.25) is 4.99 Å². The maximum Gasteiger partial charge on any atom is 0.119 e. The molecule has 0 aliphatic carbocycles. The molecule has 0 saturated heterocycles. The number of benzene rings is 2. The lowest BCUT2D eigenvalue weighted by Crippen LogP contribution is -2.01. The van der Waals surface area contributed by atoms with E-state index in [1.807, 2.05) is 49.4 Å². The molecule has 4 heteroatoms. The average Bonchev–Trinajstić information content (AvgIpc) is 2.48. The highest BCUT2D eigenvalue weighted by atomic mass is 16.5. The van der Waals surface area contributed by atoms with E-state index in [1.54, 1.807) is 14.2 Å². The van der Waals surface area contributed by atoms with Gasteiger partial charge in [-0.25, -0.2) is 0 Å². The SMILES string of the molecule is COc1ccc(N=C(C)c2cc(OC)ccc2N)cc1. The Balaban J connectivity index is 2.33. The van der Waals surface area contributed by atoms with E-state index in [-0.39, 0.29) is 0 Å². The Labute approximate surface area is 118 Å². The van der Waals surface area contributed by atoms with Gasteiger partial charge in [-0.2, -0.15) is 0 Å². The summed E-state index contributed by atoms with van der Waals surface area (Å²) in [5.74, 6) is 1.57. The Kier molecular flexibility index (Phi) is 4.25. The van der Waals surface area contributed by atoms with Crippen molar-refractivity contribution >= 4 is 17.1 Å². The number of nitrogens with zero attached hydrogens (tertiary/aromatic N) is 1. The fourth-order valence-electron chi connectivity index (χ4n) is 1.89. The second-order valence-electron chi connectivity index (χ2n) is 4.35. The molecular weight excluding hydrogens is 252 g/mol. The van der Waals surface area contributed by atoms with Gasteiger partial charge in [0.05, 0.1) is 19.9 Å². The Morgan fingerprint density at radius 3 is 2.15 bits per heavy atom. The zero-order chi connectivity index (χ0) is 14.5. The zero-order valence-corrected chi connectivity index (χ0v) is 11.9. The molecule has 0 bridgehead atoms. The zero-order valence-electron chi connectivity index (χ0n) is 11.9. The lowest BCUT2D eigenvalue weighted by atomic mass is 10.1. The standard InChI is InChI=1S/C16H18N2O2/c1-11(15-10-14(20-3)8-9-16(15)17)18-12-4-6-13(19-2)7-5-12/h4-10H,17H2,1-3H3. The fourth-order valence-corrected chi connectivity index (χ4v) is 1.89. The molecule has 2 aromatic carbocycles. The lowest BCUT2D eigenvalue weighted by Gasteiger charge is -2.08. The Bertz CT molecular complexity index is 619.